The molecular formula is C12H16O3. The largest absolute Gasteiger partial charge is 0.493 e. The van der Waals surface area contributed by atoms with Crippen molar-refractivity contribution >= 4 is 6.29 Å². The van der Waals surface area contributed by atoms with Gasteiger partial charge in [-0.15, -0.1) is 0 Å². The summed E-state index contributed by atoms with van der Waals surface area (Å²) < 4.78 is 10.8. The minimum atomic E-state index is 0.0557. The van der Waals surface area contributed by atoms with Gasteiger partial charge in [-0.3, -0.25) is 4.79 Å². The zero-order valence-corrected chi connectivity index (χ0v) is 9.53. The van der Waals surface area contributed by atoms with Crippen LogP contribution >= 0.6 is 0 Å². The number of carbonyl (C=O) groups excluding carboxylic acids is 1. The molecule has 0 saturated carbocycles. The van der Waals surface area contributed by atoms with E-state index in [4.69, 9.17) is 9.47 Å². The smallest absolute Gasteiger partial charge is 0.163 e. The molecule has 0 aliphatic rings. The highest BCUT2D eigenvalue weighted by molar-refractivity contribution is 5.77. The number of rotatable bonds is 4. The maximum Gasteiger partial charge on any atom is 0.163 e. The lowest BCUT2D eigenvalue weighted by Crippen LogP contribution is -2.07. The number of hydrogen-bond donors (Lipinski definition) is 0. The van der Waals surface area contributed by atoms with E-state index in [0.29, 0.717) is 17.1 Å². The Morgan fingerprint density at radius 1 is 1.33 bits per heavy atom. The fraction of sp³-hybridized carbons (Fsp3) is 0.417. The molecule has 0 saturated heterocycles. The maximum absolute atomic E-state index is 10.7. The average Bonchev–Trinajstić information content (AvgIpc) is 2.16. The topological polar surface area (TPSA) is 35.5 Å². The SMILES string of the molecule is COc1c(C)cc(C=O)cc1OC(C)C. The average molecular weight is 208 g/mol. The van der Waals surface area contributed by atoms with Gasteiger partial charge in [0.2, 0.25) is 0 Å². The van der Waals surface area contributed by atoms with Gasteiger partial charge in [0, 0.05) is 5.56 Å². The van der Waals surface area contributed by atoms with E-state index in [1.165, 1.54) is 0 Å². The summed E-state index contributed by atoms with van der Waals surface area (Å²) >= 11 is 0. The Balaban J connectivity index is 3.19. The zero-order valence-electron chi connectivity index (χ0n) is 9.53. The summed E-state index contributed by atoms with van der Waals surface area (Å²) in [5.41, 5.74) is 1.50. The van der Waals surface area contributed by atoms with Gasteiger partial charge in [0.25, 0.3) is 0 Å². The lowest BCUT2D eigenvalue weighted by atomic mass is 10.1. The highest BCUT2D eigenvalue weighted by Crippen LogP contribution is 2.32. The fourth-order valence-electron chi connectivity index (χ4n) is 1.44. The Morgan fingerprint density at radius 3 is 2.47 bits per heavy atom. The number of carbonyl (C=O) groups is 1. The molecule has 1 aromatic carbocycles. The van der Waals surface area contributed by atoms with E-state index in [0.717, 1.165) is 11.8 Å². The van der Waals surface area contributed by atoms with E-state index >= 15 is 0 Å². The van der Waals surface area contributed by atoms with Crippen molar-refractivity contribution in [1.82, 2.24) is 0 Å². The summed E-state index contributed by atoms with van der Waals surface area (Å²) in [5.74, 6) is 1.31. The molecule has 0 radical (unpaired) electrons. The molecular weight excluding hydrogens is 192 g/mol. The van der Waals surface area contributed by atoms with E-state index in [-0.39, 0.29) is 6.10 Å². The van der Waals surface area contributed by atoms with Crippen molar-refractivity contribution in [2.45, 2.75) is 26.9 Å². The van der Waals surface area contributed by atoms with Crippen molar-refractivity contribution in [3.05, 3.63) is 23.3 Å². The van der Waals surface area contributed by atoms with E-state index in [1.807, 2.05) is 20.8 Å². The van der Waals surface area contributed by atoms with Crippen molar-refractivity contribution in [3.63, 3.8) is 0 Å². The summed E-state index contributed by atoms with van der Waals surface area (Å²) in [5, 5.41) is 0. The summed E-state index contributed by atoms with van der Waals surface area (Å²) in [7, 11) is 1.59. The van der Waals surface area contributed by atoms with Crippen molar-refractivity contribution < 1.29 is 14.3 Å². The summed E-state index contributed by atoms with van der Waals surface area (Å²) in [6, 6.07) is 3.47. The third-order valence-corrected chi connectivity index (χ3v) is 1.97. The molecule has 0 unspecified atom stereocenters. The fourth-order valence-corrected chi connectivity index (χ4v) is 1.44. The van der Waals surface area contributed by atoms with Crippen LogP contribution in [0.15, 0.2) is 12.1 Å². The lowest BCUT2D eigenvalue weighted by Gasteiger charge is -2.15. The van der Waals surface area contributed by atoms with Crippen LogP contribution in [0.5, 0.6) is 11.5 Å². The summed E-state index contributed by atoms with van der Waals surface area (Å²) in [4.78, 5) is 10.7. The molecule has 1 rings (SSSR count). The van der Waals surface area contributed by atoms with Gasteiger partial charge in [-0.1, -0.05) is 0 Å². The first kappa shape index (κ1) is 11.6. The Morgan fingerprint density at radius 2 is 2.00 bits per heavy atom. The second-order valence-corrected chi connectivity index (χ2v) is 3.65. The van der Waals surface area contributed by atoms with Crippen LogP contribution in [0, 0.1) is 6.92 Å². The molecule has 0 atom stereocenters. The number of benzene rings is 1. The van der Waals surface area contributed by atoms with Crippen LogP contribution < -0.4 is 9.47 Å². The Kier molecular flexibility index (Phi) is 3.72. The van der Waals surface area contributed by atoms with Crippen molar-refractivity contribution in [2.75, 3.05) is 7.11 Å². The molecule has 0 spiro atoms. The number of hydrogen-bond acceptors (Lipinski definition) is 3. The highest BCUT2D eigenvalue weighted by Gasteiger charge is 2.10. The van der Waals surface area contributed by atoms with Crippen LogP contribution in [0.1, 0.15) is 29.8 Å². The Bertz CT molecular complexity index is 356. The van der Waals surface area contributed by atoms with E-state index in [1.54, 1.807) is 19.2 Å². The molecule has 3 nitrogen and oxygen atoms in total. The second kappa shape index (κ2) is 4.82. The number of aldehydes is 1. The van der Waals surface area contributed by atoms with Gasteiger partial charge in [0.15, 0.2) is 11.5 Å². The predicted octanol–water partition coefficient (Wildman–Crippen LogP) is 2.60. The molecule has 0 aromatic heterocycles. The third-order valence-electron chi connectivity index (χ3n) is 1.97. The first-order valence-corrected chi connectivity index (χ1v) is 4.89. The molecule has 0 amide bonds. The van der Waals surface area contributed by atoms with Crippen LogP contribution in [-0.4, -0.2) is 19.5 Å². The van der Waals surface area contributed by atoms with Crippen LogP contribution in [0.25, 0.3) is 0 Å². The predicted molar refractivity (Wildman–Crippen MR) is 58.9 cm³/mol. The van der Waals surface area contributed by atoms with Crippen LogP contribution in [0.2, 0.25) is 0 Å². The quantitative estimate of drug-likeness (QED) is 0.713. The van der Waals surface area contributed by atoms with Crippen LogP contribution in [-0.2, 0) is 0 Å². The molecule has 0 N–H and O–H groups in total. The van der Waals surface area contributed by atoms with E-state index < -0.39 is 0 Å². The molecule has 0 bridgehead atoms. The van der Waals surface area contributed by atoms with E-state index in [2.05, 4.69) is 0 Å². The summed E-state index contributed by atoms with van der Waals surface area (Å²) in [6.07, 6.45) is 0.861. The van der Waals surface area contributed by atoms with Crippen molar-refractivity contribution in [2.24, 2.45) is 0 Å². The first-order valence-electron chi connectivity index (χ1n) is 4.89. The van der Waals surface area contributed by atoms with E-state index in [9.17, 15) is 4.79 Å². The molecule has 0 aliphatic heterocycles. The van der Waals surface area contributed by atoms with Gasteiger partial charge in [-0.2, -0.15) is 0 Å². The van der Waals surface area contributed by atoms with Crippen LogP contribution in [0.4, 0.5) is 0 Å². The summed E-state index contributed by atoms with van der Waals surface area (Å²) in [6.45, 7) is 5.75. The highest BCUT2D eigenvalue weighted by atomic mass is 16.5. The monoisotopic (exact) mass is 208 g/mol. The Labute approximate surface area is 90.0 Å². The molecule has 82 valence electrons. The molecule has 15 heavy (non-hydrogen) atoms. The molecule has 0 heterocycles. The van der Waals surface area contributed by atoms with Crippen molar-refractivity contribution in [3.8, 4) is 11.5 Å². The standard InChI is InChI=1S/C12H16O3/c1-8(2)15-11-6-10(7-13)5-9(3)12(11)14-4/h5-8H,1-4H3. The normalized spacial score (nSPS) is 10.2. The third kappa shape index (κ3) is 2.72. The van der Waals surface area contributed by atoms with Gasteiger partial charge >= 0.3 is 0 Å². The zero-order chi connectivity index (χ0) is 11.4. The molecule has 1 aromatic rings. The number of ether oxygens (including phenoxy) is 2. The molecule has 0 aliphatic carbocycles. The van der Waals surface area contributed by atoms with Gasteiger partial charge in [0.05, 0.1) is 13.2 Å². The van der Waals surface area contributed by atoms with Gasteiger partial charge in [0.1, 0.15) is 6.29 Å². The minimum Gasteiger partial charge on any atom is -0.493 e. The van der Waals surface area contributed by atoms with Gasteiger partial charge < -0.3 is 9.47 Å². The molecule has 0 fully saturated rings. The van der Waals surface area contributed by atoms with Crippen molar-refractivity contribution in [1.29, 1.82) is 0 Å². The number of aryl methyl sites for hydroxylation is 1. The minimum absolute atomic E-state index is 0.0557. The number of methoxy groups -OCH3 is 1. The Hall–Kier alpha value is -1.51. The molecule has 3 heteroatoms. The van der Waals surface area contributed by atoms with Crippen LogP contribution in [0.3, 0.4) is 0 Å². The lowest BCUT2D eigenvalue weighted by molar-refractivity contribution is 0.112. The maximum atomic E-state index is 10.7. The first-order chi connectivity index (χ1) is 7.08. The second-order valence-electron chi connectivity index (χ2n) is 3.65. The van der Waals surface area contributed by atoms with Gasteiger partial charge in [-0.05, 0) is 38.5 Å². The van der Waals surface area contributed by atoms with Gasteiger partial charge in [-0.25, -0.2) is 0 Å².